The van der Waals surface area contributed by atoms with Crippen molar-refractivity contribution in [1.29, 1.82) is 0 Å². The van der Waals surface area contributed by atoms with E-state index >= 15 is 0 Å². The number of para-hydroxylation sites is 1. The van der Waals surface area contributed by atoms with Gasteiger partial charge in [-0.25, -0.2) is 8.78 Å². The number of ether oxygens (including phenoxy) is 1. The minimum atomic E-state index is -0.875. The molecule has 106 valence electrons. The van der Waals surface area contributed by atoms with E-state index in [0.717, 1.165) is 16.1 Å². The van der Waals surface area contributed by atoms with Crippen LogP contribution in [0.1, 0.15) is 11.1 Å². The third-order valence-electron chi connectivity index (χ3n) is 2.87. The van der Waals surface area contributed by atoms with Gasteiger partial charge in [0.05, 0.1) is 4.47 Å². The Labute approximate surface area is 124 Å². The molecule has 0 aromatic heterocycles. The number of hydrogen-bond donors (Lipinski definition) is 1. The molecule has 2 nitrogen and oxygen atoms in total. The second-order valence-corrected chi connectivity index (χ2v) is 5.12. The van der Waals surface area contributed by atoms with Crippen LogP contribution < -0.4 is 10.5 Å². The van der Waals surface area contributed by atoms with Crippen molar-refractivity contribution >= 4 is 15.9 Å². The molecule has 0 spiro atoms. The molecule has 0 bridgehead atoms. The summed E-state index contributed by atoms with van der Waals surface area (Å²) < 4.78 is 33.1. The molecule has 0 saturated heterocycles. The number of benzene rings is 2. The Morgan fingerprint density at radius 2 is 1.75 bits per heavy atom. The fourth-order valence-corrected chi connectivity index (χ4v) is 2.40. The van der Waals surface area contributed by atoms with Gasteiger partial charge in [-0.1, -0.05) is 24.3 Å². The summed E-state index contributed by atoms with van der Waals surface area (Å²) >= 11 is 3.39. The number of halogens is 3. The van der Waals surface area contributed by atoms with Crippen LogP contribution in [0.25, 0.3) is 0 Å². The highest BCUT2D eigenvalue weighted by Gasteiger charge is 2.11. The van der Waals surface area contributed by atoms with Crippen molar-refractivity contribution in [2.45, 2.75) is 13.0 Å². The predicted octanol–water partition coefficient (Wildman–Crippen LogP) is 3.81. The summed E-state index contributed by atoms with van der Waals surface area (Å²) in [6.07, 6.45) is 0.653. The van der Waals surface area contributed by atoms with Crippen molar-refractivity contribution in [3.05, 3.63) is 63.6 Å². The lowest BCUT2D eigenvalue weighted by Gasteiger charge is -2.13. The molecule has 0 unspecified atom stereocenters. The maximum atomic E-state index is 13.6. The fraction of sp³-hybridized carbons (Fsp3) is 0.200. The maximum absolute atomic E-state index is 13.6. The molecular weight excluding hydrogens is 328 g/mol. The smallest absolute Gasteiger partial charge is 0.165 e. The molecule has 2 aromatic carbocycles. The van der Waals surface area contributed by atoms with Gasteiger partial charge in [0, 0.05) is 5.56 Å². The highest BCUT2D eigenvalue weighted by atomic mass is 79.9. The molecule has 2 N–H and O–H groups in total. The van der Waals surface area contributed by atoms with E-state index in [2.05, 4.69) is 15.9 Å². The van der Waals surface area contributed by atoms with Crippen LogP contribution in [0, 0.1) is 11.6 Å². The minimum Gasteiger partial charge on any atom is -0.487 e. The molecule has 20 heavy (non-hydrogen) atoms. The Morgan fingerprint density at radius 3 is 2.50 bits per heavy atom. The third-order valence-corrected chi connectivity index (χ3v) is 3.49. The molecule has 0 atom stereocenters. The molecule has 0 amide bonds. The quantitative estimate of drug-likeness (QED) is 0.897. The normalized spacial score (nSPS) is 10.6. The Hall–Kier alpha value is -1.46. The molecule has 0 aliphatic rings. The van der Waals surface area contributed by atoms with E-state index in [1.54, 1.807) is 0 Å². The monoisotopic (exact) mass is 341 g/mol. The van der Waals surface area contributed by atoms with E-state index in [-0.39, 0.29) is 12.2 Å². The van der Waals surface area contributed by atoms with E-state index in [4.69, 9.17) is 10.5 Å². The van der Waals surface area contributed by atoms with Crippen LogP contribution in [0.3, 0.4) is 0 Å². The lowest BCUT2D eigenvalue weighted by molar-refractivity contribution is 0.292. The second kappa shape index (κ2) is 6.81. The second-order valence-electron chi connectivity index (χ2n) is 4.27. The maximum Gasteiger partial charge on any atom is 0.165 e. The summed E-state index contributed by atoms with van der Waals surface area (Å²) in [5.41, 5.74) is 6.66. The lowest BCUT2D eigenvalue weighted by atomic mass is 10.1. The standard InChI is InChI=1S/C15H14BrF2NO/c16-12-5-1-3-10(7-8-19)15(12)20-9-11-4-2-6-13(17)14(11)18/h1-6H,7-9,19H2. The van der Waals surface area contributed by atoms with Crippen LogP contribution in [0.2, 0.25) is 0 Å². The highest BCUT2D eigenvalue weighted by Crippen LogP contribution is 2.30. The first-order chi connectivity index (χ1) is 9.63. The first kappa shape index (κ1) is 14.9. The van der Waals surface area contributed by atoms with Gasteiger partial charge in [0.2, 0.25) is 0 Å². The van der Waals surface area contributed by atoms with Crippen LogP contribution in [0.4, 0.5) is 8.78 Å². The first-order valence-corrected chi connectivity index (χ1v) is 6.96. The highest BCUT2D eigenvalue weighted by molar-refractivity contribution is 9.10. The minimum absolute atomic E-state index is 0.0379. The van der Waals surface area contributed by atoms with E-state index in [9.17, 15) is 8.78 Å². The molecule has 0 fully saturated rings. The molecule has 2 aromatic rings. The summed E-state index contributed by atoms with van der Waals surface area (Å²) in [5, 5.41) is 0. The summed E-state index contributed by atoms with van der Waals surface area (Å²) in [5.74, 6) is -1.14. The lowest BCUT2D eigenvalue weighted by Crippen LogP contribution is -2.07. The Bertz CT molecular complexity index is 604. The van der Waals surface area contributed by atoms with Crippen molar-refractivity contribution in [1.82, 2.24) is 0 Å². The Balaban J connectivity index is 2.20. The van der Waals surface area contributed by atoms with Gasteiger partial charge >= 0.3 is 0 Å². The summed E-state index contributed by atoms with van der Waals surface area (Å²) in [7, 11) is 0. The van der Waals surface area contributed by atoms with E-state index in [1.807, 2.05) is 18.2 Å². The van der Waals surface area contributed by atoms with E-state index in [0.29, 0.717) is 18.7 Å². The van der Waals surface area contributed by atoms with Crippen molar-refractivity contribution < 1.29 is 13.5 Å². The zero-order valence-corrected chi connectivity index (χ0v) is 12.3. The van der Waals surface area contributed by atoms with E-state index < -0.39 is 11.6 Å². The van der Waals surface area contributed by atoms with Crippen molar-refractivity contribution in [2.75, 3.05) is 6.54 Å². The van der Waals surface area contributed by atoms with Gasteiger partial charge in [0.1, 0.15) is 12.4 Å². The molecule has 0 saturated carbocycles. The first-order valence-electron chi connectivity index (χ1n) is 6.16. The SMILES string of the molecule is NCCc1cccc(Br)c1OCc1cccc(F)c1F. The van der Waals surface area contributed by atoms with Crippen LogP contribution in [0.15, 0.2) is 40.9 Å². The van der Waals surface area contributed by atoms with Gasteiger partial charge < -0.3 is 10.5 Å². The Morgan fingerprint density at radius 1 is 1.05 bits per heavy atom. The van der Waals surface area contributed by atoms with Gasteiger partial charge in [-0.05, 0) is 46.6 Å². The summed E-state index contributed by atoms with van der Waals surface area (Å²) in [6, 6.07) is 9.64. The number of hydrogen-bond acceptors (Lipinski definition) is 2. The van der Waals surface area contributed by atoms with Crippen LogP contribution in [-0.4, -0.2) is 6.54 Å². The van der Waals surface area contributed by atoms with Crippen LogP contribution >= 0.6 is 15.9 Å². The molecule has 0 heterocycles. The Kier molecular flexibility index (Phi) is 5.09. The number of nitrogens with two attached hydrogens (primary N) is 1. The van der Waals surface area contributed by atoms with Crippen LogP contribution in [-0.2, 0) is 13.0 Å². The third kappa shape index (κ3) is 3.35. The molecule has 0 aliphatic carbocycles. The molecule has 5 heteroatoms. The average Bonchev–Trinajstić information content (AvgIpc) is 2.43. The van der Waals surface area contributed by atoms with Gasteiger partial charge in [0.15, 0.2) is 11.6 Å². The average molecular weight is 342 g/mol. The van der Waals surface area contributed by atoms with Gasteiger partial charge in [-0.15, -0.1) is 0 Å². The van der Waals surface area contributed by atoms with E-state index in [1.165, 1.54) is 12.1 Å². The largest absolute Gasteiger partial charge is 0.487 e. The van der Waals surface area contributed by atoms with Crippen molar-refractivity contribution in [3.8, 4) is 5.75 Å². The fourth-order valence-electron chi connectivity index (χ4n) is 1.88. The van der Waals surface area contributed by atoms with Gasteiger partial charge in [0.25, 0.3) is 0 Å². The zero-order valence-electron chi connectivity index (χ0n) is 10.7. The molecule has 2 rings (SSSR count). The molecule has 0 radical (unpaired) electrons. The molecule has 0 aliphatic heterocycles. The van der Waals surface area contributed by atoms with Crippen LogP contribution in [0.5, 0.6) is 5.75 Å². The molecular formula is C15H14BrF2NO. The van der Waals surface area contributed by atoms with Gasteiger partial charge in [-0.3, -0.25) is 0 Å². The topological polar surface area (TPSA) is 35.2 Å². The summed E-state index contributed by atoms with van der Waals surface area (Å²) in [4.78, 5) is 0. The van der Waals surface area contributed by atoms with Crippen molar-refractivity contribution in [2.24, 2.45) is 5.73 Å². The summed E-state index contributed by atoms with van der Waals surface area (Å²) in [6.45, 7) is 0.449. The van der Waals surface area contributed by atoms with Crippen molar-refractivity contribution in [3.63, 3.8) is 0 Å². The van der Waals surface area contributed by atoms with Gasteiger partial charge in [-0.2, -0.15) is 0 Å². The predicted molar refractivity (Wildman–Crippen MR) is 77.6 cm³/mol. The number of rotatable bonds is 5. The zero-order chi connectivity index (χ0) is 14.5.